The van der Waals surface area contributed by atoms with Gasteiger partial charge < -0.3 is 29.5 Å². The van der Waals surface area contributed by atoms with E-state index in [0.717, 1.165) is 5.57 Å². The van der Waals surface area contributed by atoms with Crippen molar-refractivity contribution < 1.29 is 43.9 Å². The van der Waals surface area contributed by atoms with Crippen LogP contribution in [0.5, 0.6) is 0 Å². The molecule has 3 rings (SSSR count). The van der Waals surface area contributed by atoms with E-state index in [9.17, 15) is 29.7 Å². The molecular weight excluding hydrogens is 422 g/mol. The molecule has 0 radical (unpaired) electrons. The number of hydrogen-bond acceptors (Lipinski definition) is 10. The van der Waals surface area contributed by atoms with Crippen LogP contribution in [-0.4, -0.2) is 93.4 Å². The number of carbonyl (C=O) groups excluding carboxylic acids is 3. The average Bonchev–Trinajstić information content (AvgIpc) is 3.37. The predicted molar refractivity (Wildman–Crippen MR) is 110 cm³/mol. The first kappa shape index (κ1) is 24.6. The van der Waals surface area contributed by atoms with E-state index in [1.807, 2.05) is 6.08 Å². The van der Waals surface area contributed by atoms with Crippen LogP contribution in [0, 0.1) is 5.92 Å². The summed E-state index contributed by atoms with van der Waals surface area (Å²) in [4.78, 5) is 40.6. The third kappa shape index (κ3) is 3.93. The molecule has 0 unspecified atom stereocenters. The molecule has 2 saturated heterocycles. The van der Waals surface area contributed by atoms with Gasteiger partial charge in [0.2, 0.25) is 5.60 Å². The number of ether oxygens (including phenoxy) is 3. The number of hydrogen-bond donors (Lipinski definition) is 3. The number of nitrogens with zero attached hydrogens (tertiary/aromatic N) is 1. The highest BCUT2D eigenvalue weighted by Crippen LogP contribution is 2.35. The van der Waals surface area contributed by atoms with Crippen molar-refractivity contribution in [2.24, 2.45) is 5.92 Å². The van der Waals surface area contributed by atoms with Gasteiger partial charge in [-0.25, -0.2) is 14.4 Å². The van der Waals surface area contributed by atoms with Crippen LogP contribution in [0.15, 0.2) is 11.6 Å². The molecule has 0 aromatic heterocycles. The predicted octanol–water partition coefficient (Wildman–Crippen LogP) is -0.320. The first-order chi connectivity index (χ1) is 15.0. The number of aliphatic hydroxyl groups is 3. The van der Waals surface area contributed by atoms with E-state index in [4.69, 9.17) is 14.2 Å². The van der Waals surface area contributed by atoms with Crippen LogP contribution >= 0.6 is 0 Å². The molecule has 2 fully saturated rings. The average molecular weight is 456 g/mol. The van der Waals surface area contributed by atoms with Gasteiger partial charge in [0, 0.05) is 13.1 Å². The molecule has 3 aliphatic rings. The van der Waals surface area contributed by atoms with Crippen LogP contribution in [-0.2, 0) is 28.6 Å². The molecule has 0 aromatic carbocycles. The molecule has 3 heterocycles. The highest BCUT2D eigenvalue weighted by Gasteiger charge is 2.56. The van der Waals surface area contributed by atoms with Gasteiger partial charge in [-0.05, 0) is 31.3 Å². The summed E-state index contributed by atoms with van der Waals surface area (Å²) in [6.45, 7) is 7.12. The maximum Gasteiger partial charge on any atom is 0.342 e. The van der Waals surface area contributed by atoms with Crippen LogP contribution < -0.4 is 0 Å². The van der Waals surface area contributed by atoms with Crippen molar-refractivity contribution in [1.82, 2.24) is 4.90 Å². The summed E-state index contributed by atoms with van der Waals surface area (Å²) >= 11 is 0. The van der Waals surface area contributed by atoms with Gasteiger partial charge in [0.15, 0.2) is 11.7 Å². The van der Waals surface area contributed by atoms with E-state index in [1.54, 1.807) is 6.92 Å². The fraction of sp³-hybridized carbons (Fsp3) is 0.773. The third-order valence-electron chi connectivity index (χ3n) is 7.23. The molecule has 3 N–H and O–H groups in total. The maximum absolute atomic E-state index is 13.1. The second kappa shape index (κ2) is 9.09. The standard InChI is InChI=1S/C22H33NO9/c1-5-12(3)22(29)17(24)18(25)31-13(4)21(28,6-2)19(26)30-11-14-7-9-23-10-8-15(16(14)23)32-20(22)27/h7,12-13,15-17,24,28-29H,5-6,8-11H2,1-4H3/t12-,13+,15+,16+,17+,21-,22+/m0/s1. The Kier molecular flexibility index (Phi) is 6.99. The zero-order chi connectivity index (χ0) is 23.8. The molecule has 10 heteroatoms. The van der Waals surface area contributed by atoms with Crippen LogP contribution in [0.1, 0.15) is 47.0 Å². The first-order valence-corrected chi connectivity index (χ1v) is 11.1. The molecule has 0 amide bonds. The van der Waals surface area contributed by atoms with E-state index in [1.165, 1.54) is 20.8 Å². The Morgan fingerprint density at radius 2 is 1.88 bits per heavy atom. The summed E-state index contributed by atoms with van der Waals surface area (Å²) in [6.07, 6.45) is -1.82. The van der Waals surface area contributed by atoms with Gasteiger partial charge in [0.05, 0.1) is 6.04 Å². The number of cyclic esters (lactones) is 2. The number of aliphatic hydroxyl groups excluding tert-OH is 1. The lowest BCUT2D eigenvalue weighted by Gasteiger charge is -2.38. The van der Waals surface area contributed by atoms with Crippen molar-refractivity contribution in [1.29, 1.82) is 0 Å². The van der Waals surface area contributed by atoms with Gasteiger partial charge in [-0.15, -0.1) is 0 Å². The number of esters is 3. The van der Waals surface area contributed by atoms with Crippen molar-refractivity contribution in [2.45, 2.75) is 82.5 Å². The molecule has 0 bridgehead atoms. The number of rotatable bonds is 3. The maximum atomic E-state index is 13.1. The van der Waals surface area contributed by atoms with Crippen LogP contribution in [0.2, 0.25) is 0 Å². The lowest BCUT2D eigenvalue weighted by atomic mass is 9.81. The topological polar surface area (TPSA) is 143 Å². The molecule has 10 nitrogen and oxygen atoms in total. The molecule has 0 aliphatic carbocycles. The summed E-state index contributed by atoms with van der Waals surface area (Å²) < 4.78 is 16.1. The molecule has 32 heavy (non-hydrogen) atoms. The molecule has 0 saturated carbocycles. The zero-order valence-corrected chi connectivity index (χ0v) is 18.9. The Morgan fingerprint density at radius 1 is 1.19 bits per heavy atom. The van der Waals surface area contributed by atoms with E-state index in [2.05, 4.69) is 4.90 Å². The minimum atomic E-state index is -2.56. The monoisotopic (exact) mass is 455 g/mol. The van der Waals surface area contributed by atoms with Crippen LogP contribution in [0.3, 0.4) is 0 Å². The van der Waals surface area contributed by atoms with Crippen LogP contribution in [0.4, 0.5) is 0 Å². The van der Waals surface area contributed by atoms with Crippen molar-refractivity contribution >= 4 is 17.9 Å². The van der Waals surface area contributed by atoms with Crippen LogP contribution in [0.25, 0.3) is 0 Å². The summed E-state index contributed by atoms with van der Waals surface area (Å²) in [5.41, 5.74) is -4.00. The fourth-order valence-electron chi connectivity index (χ4n) is 4.64. The number of carbonyl (C=O) groups is 3. The van der Waals surface area contributed by atoms with Gasteiger partial charge in [-0.1, -0.05) is 33.3 Å². The zero-order valence-electron chi connectivity index (χ0n) is 18.9. The minimum Gasteiger partial charge on any atom is -0.459 e. The van der Waals surface area contributed by atoms with E-state index >= 15 is 0 Å². The Bertz CT molecular complexity index is 798. The first-order valence-electron chi connectivity index (χ1n) is 11.1. The lowest BCUT2D eigenvalue weighted by Crippen LogP contribution is -2.61. The second-order valence-electron chi connectivity index (χ2n) is 8.92. The summed E-state index contributed by atoms with van der Waals surface area (Å²) in [6, 6.07) is -0.355. The molecule has 180 valence electrons. The van der Waals surface area contributed by atoms with Crippen molar-refractivity contribution in [3.05, 3.63) is 11.6 Å². The SMILES string of the molecule is CC[C@H](C)[C@]1(O)C(=O)O[C@@H]2CCN3CC=C(COC(=O)[C@](O)(CC)[C@@H](C)OC(=O)[C@H]1O)[C@H]23. The van der Waals surface area contributed by atoms with Gasteiger partial charge in [0.25, 0.3) is 0 Å². The third-order valence-corrected chi connectivity index (χ3v) is 7.23. The smallest absolute Gasteiger partial charge is 0.342 e. The molecule has 7 atom stereocenters. The van der Waals surface area contributed by atoms with E-state index in [0.29, 0.717) is 19.5 Å². The van der Waals surface area contributed by atoms with Crippen molar-refractivity contribution in [3.63, 3.8) is 0 Å². The highest BCUT2D eigenvalue weighted by molar-refractivity contribution is 5.90. The summed E-state index contributed by atoms with van der Waals surface area (Å²) in [5, 5.41) is 32.9. The molecular formula is C22H33NO9. The Labute approximate surface area is 187 Å². The Hall–Kier alpha value is -2.01. The molecule has 3 aliphatic heterocycles. The Balaban J connectivity index is 2.02. The molecule has 0 aromatic rings. The van der Waals surface area contributed by atoms with E-state index < -0.39 is 53.3 Å². The van der Waals surface area contributed by atoms with E-state index in [-0.39, 0.29) is 25.5 Å². The Morgan fingerprint density at radius 3 is 2.50 bits per heavy atom. The van der Waals surface area contributed by atoms with Crippen molar-refractivity contribution in [2.75, 3.05) is 19.7 Å². The van der Waals surface area contributed by atoms with Gasteiger partial charge >= 0.3 is 17.9 Å². The minimum absolute atomic E-state index is 0.116. The molecule has 0 spiro atoms. The summed E-state index contributed by atoms with van der Waals surface area (Å²) in [5.74, 6) is -4.26. The summed E-state index contributed by atoms with van der Waals surface area (Å²) in [7, 11) is 0. The lowest BCUT2D eigenvalue weighted by molar-refractivity contribution is -0.212. The second-order valence-corrected chi connectivity index (χ2v) is 8.92. The normalized spacial score (nSPS) is 40.0. The quantitative estimate of drug-likeness (QED) is 0.294. The van der Waals surface area contributed by atoms with Gasteiger partial charge in [-0.3, -0.25) is 4.90 Å². The largest absolute Gasteiger partial charge is 0.459 e. The van der Waals surface area contributed by atoms with Gasteiger partial charge in [0.1, 0.15) is 18.8 Å². The van der Waals surface area contributed by atoms with Crippen molar-refractivity contribution in [3.8, 4) is 0 Å². The highest BCUT2D eigenvalue weighted by atomic mass is 16.6. The fourth-order valence-corrected chi connectivity index (χ4v) is 4.64. The van der Waals surface area contributed by atoms with Gasteiger partial charge in [-0.2, -0.15) is 0 Å².